The zero-order valence-corrected chi connectivity index (χ0v) is 8.93. The van der Waals surface area contributed by atoms with Crippen LogP contribution in [0.1, 0.15) is 5.56 Å². The van der Waals surface area contributed by atoms with Crippen molar-refractivity contribution >= 4 is 41.6 Å². The lowest BCUT2D eigenvalue weighted by Gasteiger charge is -1.93. The van der Waals surface area contributed by atoms with E-state index < -0.39 is 20.9 Å². The van der Waals surface area contributed by atoms with Gasteiger partial charge < -0.3 is 2.96 Å². The molecule has 1 rings (SSSR count). The summed E-state index contributed by atoms with van der Waals surface area (Å²) in [5.41, 5.74) is 1.15. The number of hydrogen-bond donors (Lipinski definition) is 0. The van der Waals surface area contributed by atoms with E-state index >= 15 is 0 Å². The van der Waals surface area contributed by atoms with E-state index in [0.717, 1.165) is 9.26 Å². The second-order valence-electron chi connectivity index (χ2n) is 2.12. The van der Waals surface area contributed by atoms with Gasteiger partial charge in [-0.05, 0) is 6.92 Å². The van der Waals surface area contributed by atoms with Gasteiger partial charge in [-0.2, -0.15) is 0 Å². The number of rotatable bonds is 1. The maximum absolute atomic E-state index is 12.0. The van der Waals surface area contributed by atoms with E-state index in [1.54, 1.807) is 0 Å². The Morgan fingerprint density at radius 3 is 2.50 bits per heavy atom. The molecule has 0 aliphatic rings. The van der Waals surface area contributed by atoms with E-state index in [9.17, 15) is 2.96 Å². The van der Waals surface area contributed by atoms with E-state index in [0.29, 0.717) is 0 Å². The van der Waals surface area contributed by atoms with Crippen molar-refractivity contribution in [2.75, 3.05) is 0 Å². The van der Waals surface area contributed by atoms with Crippen LogP contribution in [0.25, 0.3) is 0 Å². The van der Waals surface area contributed by atoms with Crippen molar-refractivity contribution in [1.29, 1.82) is 0 Å². The van der Waals surface area contributed by atoms with Crippen molar-refractivity contribution in [3.05, 3.63) is 29.8 Å². The monoisotopic (exact) mass is 214 g/mol. The first-order chi connectivity index (χ1) is 4.33. The van der Waals surface area contributed by atoms with Gasteiger partial charge in [0.2, 0.25) is 0 Å². The smallest absolute Gasteiger partial charge is 0.475 e. The molecular weight excluding hydrogens is 207 g/mol. The summed E-state index contributed by atoms with van der Waals surface area (Å²) < 4.78 is 12.9. The van der Waals surface area contributed by atoms with Crippen LogP contribution < -0.4 is 3.69 Å². The molecule has 0 N–H and O–H groups in total. The highest BCUT2D eigenvalue weighted by molar-refractivity contribution is 8.93. The average Bonchev–Trinajstić information content (AvgIpc) is 1.88. The highest BCUT2D eigenvalue weighted by Crippen LogP contribution is 1.91. The minimum atomic E-state index is -1.43. The van der Waals surface area contributed by atoms with E-state index in [1.807, 2.05) is 31.2 Å². The van der Waals surface area contributed by atoms with Gasteiger partial charge in [-0.3, -0.25) is 0 Å². The number of halogens is 2. The Hall–Kier alpha value is 0.396. The first-order valence-electron chi connectivity index (χ1n) is 2.94. The second-order valence-corrected chi connectivity index (χ2v) is 3.21. The summed E-state index contributed by atoms with van der Waals surface area (Å²) in [4.78, 5) is 0. The van der Waals surface area contributed by atoms with Gasteiger partial charge in [-0.25, -0.2) is 0 Å². The molecule has 0 aliphatic heterocycles. The Balaban J connectivity index is 0.000000810. The van der Waals surface area contributed by atoms with Crippen LogP contribution in [0, 0.1) is 6.92 Å². The van der Waals surface area contributed by atoms with Gasteiger partial charge in [0.25, 0.3) is 0 Å². The zero-order chi connectivity index (χ0) is 6.69. The summed E-state index contributed by atoms with van der Waals surface area (Å²) in [5, 5.41) is 0. The lowest BCUT2D eigenvalue weighted by Crippen LogP contribution is -2.08. The summed E-state index contributed by atoms with van der Waals surface area (Å²) in [5.74, 6) is 0. The number of aryl methyl sites for hydroxylation is 1. The largest absolute Gasteiger partial charge is 0.652 e. The van der Waals surface area contributed by atoms with Crippen LogP contribution in [0.15, 0.2) is 24.3 Å². The fourth-order valence-corrected chi connectivity index (χ4v) is 1.42. The maximum Gasteiger partial charge on any atom is 0.652 e. The molecule has 3 heteroatoms. The summed E-state index contributed by atoms with van der Waals surface area (Å²) in [6.45, 7) is 1.98. The molecule has 1 aromatic carbocycles. The first kappa shape index (κ1) is 10.4. The van der Waals surface area contributed by atoms with Crippen LogP contribution in [0.3, 0.4) is 0 Å². The molecule has 0 heterocycles. The van der Waals surface area contributed by atoms with Gasteiger partial charge in [-0.15, -0.1) is 20.7 Å². The summed E-state index contributed by atoms with van der Waals surface area (Å²) in [6.07, 6.45) is 0. The Morgan fingerprint density at radius 2 is 2.10 bits per heavy atom. The Kier molecular flexibility index (Phi) is 5.30. The molecular formula is C7H8BrFMg. The van der Waals surface area contributed by atoms with Crippen LogP contribution in [-0.4, -0.2) is 20.9 Å². The molecule has 0 fully saturated rings. The van der Waals surface area contributed by atoms with Crippen LogP contribution in [0.5, 0.6) is 0 Å². The first-order valence-corrected chi connectivity index (χ1v) is 4.18. The normalized spacial score (nSPS) is 7.80. The second kappa shape index (κ2) is 5.10. The molecule has 0 saturated heterocycles. The Labute approximate surface area is 81.1 Å². The highest BCUT2D eigenvalue weighted by atomic mass is 79.9. The Morgan fingerprint density at radius 1 is 1.40 bits per heavy atom. The number of benzene rings is 1. The van der Waals surface area contributed by atoms with Crippen LogP contribution in [0.2, 0.25) is 0 Å². The predicted molar refractivity (Wildman–Crippen MR) is 48.0 cm³/mol. The van der Waals surface area contributed by atoms with E-state index in [2.05, 4.69) is 0 Å². The molecule has 0 spiro atoms. The summed E-state index contributed by atoms with van der Waals surface area (Å²) in [6, 6.07) is 7.64. The third kappa shape index (κ3) is 2.99. The standard InChI is InChI=1S/C7H7.BrH.FH.Mg/c1-7-5-3-2-4-6-7;;;/h2-3,5-6H,1H3;2*1H;/q;;;+1/p-1. The summed E-state index contributed by atoms with van der Waals surface area (Å²) >= 11 is -1.43. The molecule has 0 amide bonds. The van der Waals surface area contributed by atoms with Crippen molar-refractivity contribution < 1.29 is 2.96 Å². The topological polar surface area (TPSA) is 0 Å². The van der Waals surface area contributed by atoms with Gasteiger partial charge in [0.15, 0.2) is 0 Å². The molecule has 0 nitrogen and oxygen atoms in total. The zero-order valence-electron chi connectivity index (χ0n) is 5.80. The summed E-state index contributed by atoms with van der Waals surface area (Å²) in [7, 11) is 0. The molecule has 52 valence electrons. The van der Waals surface area contributed by atoms with Crippen molar-refractivity contribution in [3.63, 3.8) is 0 Å². The third-order valence-corrected chi connectivity index (χ3v) is 1.99. The average molecular weight is 215 g/mol. The minimum absolute atomic E-state index is 0. The maximum atomic E-state index is 12.0. The lowest BCUT2D eigenvalue weighted by molar-refractivity contribution is 0.884. The molecule has 0 aliphatic carbocycles. The van der Waals surface area contributed by atoms with Crippen LogP contribution in [0.4, 0.5) is 2.96 Å². The predicted octanol–water partition coefficient (Wildman–Crippen LogP) is 1.79. The van der Waals surface area contributed by atoms with Crippen LogP contribution in [-0.2, 0) is 0 Å². The van der Waals surface area contributed by atoms with Crippen molar-refractivity contribution in [2.45, 2.75) is 6.92 Å². The van der Waals surface area contributed by atoms with Crippen molar-refractivity contribution in [3.8, 4) is 0 Å². The highest BCUT2D eigenvalue weighted by Gasteiger charge is 1.96. The van der Waals surface area contributed by atoms with Gasteiger partial charge >= 0.3 is 20.9 Å². The van der Waals surface area contributed by atoms with Crippen molar-refractivity contribution in [2.24, 2.45) is 0 Å². The fourth-order valence-electron chi connectivity index (χ4n) is 0.795. The molecule has 10 heavy (non-hydrogen) atoms. The quantitative estimate of drug-likeness (QED) is 0.627. The molecule has 1 aromatic rings. The van der Waals surface area contributed by atoms with E-state index in [4.69, 9.17) is 0 Å². The minimum Gasteiger partial charge on any atom is -0.475 e. The lowest BCUT2D eigenvalue weighted by atomic mass is 10.2. The van der Waals surface area contributed by atoms with Gasteiger partial charge in [0.1, 0.15) is 0 Å². The van der Waals surface area contributed by atoms with Gasteiger partial charge in [0.05, 0.1) is 0 Å². The molecule has 0 bridgehead atoms. The SMILES string of the molecule is Br.Cc1ccc[c]([Mg][F])c1. The van der Waals surface area contributed by atoms with Gasteiger partial charge in [-0.1, -0.05) is 29.8 Å². The molecule has 0 radical (unpaired) electrons. The molecule has 0 atom stereocenters. The number of hydrogen-bond acceptors (Lipinski definition) is 0. The molecule has 0 saturated carbocycles. The van der Waals surface area contributed by atoms with Crippen molar-refractivity contribution in [1.82, 2.24) is 0 Å². The molecule has 0 aromatic heterocycles. The Bertz CT molecular complexity index is 203. The molecule has 0 unspecified atom stereocenters. The van der Waals surface area contributed by atoms with E-state index in [-0.39, 0.29) is 17.0 Å². The van der Waals surface area contributed by atoms with Gasteiger partial charge in [0, 0.05) is 0 Å². The fraction of sp³-hybridized carbons (Fsp3) is 0.143. The van der Waals surface area contributed by atoms with E-state index in [1.165, 1.54) is 0 Å². The van der Waals surface area contributed by atoms with Crippen LogP contribution >= 0.6 is 17.0 Å². The third-order valence-electron chi connectivity index (χ3n) is 1.24.